The standard InChI is InChI=1S/C7H10F3N/c1-5(3-4-11)6(2)7(8,9)10/h5-6H,3H2,1-2H3/t5-,6?/m0/s1. The van der Waals surface area contributed by atoms with Crippen LogP contribution in [0.5, 0.6) is 0 Å². The summed E-state index contributed by atoms with van der Waals surface area (Å²) in [6.07, 6.45) is -4.21. The molecule has 0 bridgehead atoms. The van der Waals surface area contributed by atoms with Crippen LogP contribution in [-0.2, 0) is 0 Å². The van der Waals surface area contributed by atoms with Crippen LogP contribution in [0.25, 0.3) is 0 Å². The Morgan fingerprint density at radius 2 is 1.82 bits per heavy atom. The van der Waals surface area contributed by atoms with E-state index >= 15 is 0 Å². The topological polar surface area (TPSA) is 23.8 Å². The molecule has 1 unspecified atom stereocenters. The van der Waals surface area contributed by atoms with Crippen molar-refractivity contribution in [3.63, 3.8) is 0 Å². The maximum absolute atomic E-state index is 11.9. The summed E-state index contributed by atoms with van der Waals surface area (Å²) in [5.41, 5.74) is 0. The van der Waals surface area contributed by atoms with Crippen molar-refractivity contribution in [3.8, 4) is 6.07 Å². The number of nitrogens with zero attached hydrogens (tertiary/aromatic N) is 1. The van der Waals surface area contributed by atoms with Crippen molar-refractivity contribution in [1.29, 1.82) is 5.26 Å². The number of nitriles is 1. The molecule has 4 heteroatoms. The van der Waals surface area contributed by atoms with Crippen LogP contribution in [0.1, 0.15) is 20.3 Å². The van der Waals surface area contributed by atoms with Gasteiger partial charge in [0.25, 0.3) is 0 Å². The second-order valence-corrected chi connectivity index (χ2v) is 2.67. The monoisotopic (exact) mass is 165 g/mol. The smallest absolute Gasteiger partial charge is 0.198 e. The second kappa shape index (κ2) is 3.61. The Kier molecular flexibility index (Phi) is 3.37. The van der Waals surface area contributed by atoms with Gasteiger partial charge in [-0.05, 0) is 5.92 Å². The van der Waals surface area contributed by atoms with E-state index in [9.17, 15) is 13.2 Å². The first-order valence-corrected chi connectivity index (χ1v) is 3.33. The maximum Gasteiger partial charge on any atom is 0.391 e. The summed E-state index contributed by atoms with van der Waals surface area (Å²) < 4.78 is 35.7. The summed E-state index contributed by atoms with van der Waals surface area (Å²) >= 11 is 0. The van der Waals surface area contributed by atoms with E-state index in [4.69, 9.17) is 5.26 Å². The molecule has 0 amide bonds. The van der Waals surface area contributed by atoms with Gasteiger partial charge in [0.05, 0.1) is 12.0 Å². The van der Waals surface area contributed by atoms with E-state index < -0.39 is 18.0 Å². The summed E-state index contributed by atoms with van der Waals surface area (Å²) in [5.74, 6) is -2.00. The van der Waals surface area contributed by atoms with Gasteiger partial charge in [-0.3, -0.25) is 0 Å². The zero-order valence-electron chi connectivity index (χ0n) is 6.44. The van der Waals surface area contributed by atoms with Crippen molar-refractivity contribution < 1.29 is 13.2 Å². The molecule has 0 spiro atoms. The van der Waals surface area contributed by atoms with Gasteiger partial charge in [0.2, 0.25) is 0 Å². The van der Waals surface area contributed by atoms with Crippen LogP contribution in [0.3, 0.4) is 0 Å². The van der Waals surface area contributed by atoms with E-state index in [1.807, 2.05) is 0 Å². The van der Waals surface area contributed by atoms with Crippen molar-refractivity contribution in [2.24, 2.45) is 11.8 Å². The Labute approximate surface area is 63.8 Å². The molecule has 0 fully saturated rings. The molecule has 0 aliphatic rings. The largest absolute Gasteiger partial charge is 0.391 e. The molecule has 2 atom stereocenters. The minimum absolute atomic E-state index is 0.0410. The van der Waals surface area contributed by atoms with Crippen LogP contribution in [0.4, 0.5) is 13.2 Å². The second-order valence-electron chi connectivity index (χ2n) is 2.67. The summed E-state index contributed by atoms with van der Waals surface area (Å²) in [6, 6.07) is 1.72. The number of halogens is 3. The normalized spacial score (nSPS) is 17.1. The van der Waals surface area contributed by atoms with Crippen molar-refractivity contribution in [1.82, 2.24) is 0 Å². The molecule has 11 heavy (non-hydrogen) atoms. The molecule has 0 heterocycles. The van der Waals surface area contributed by atoms with Crippen molar-refractivity contribution >= 4 is 0 Å². The lowest BCUT2D eigenvalue weighted by atomic mass is 9.93. The number of alkyl halides is 3. The average molecular weight is 165 g/mol. The minimum atomic E-state index is -4.17. The number of rotatable bonds is 2. The summed E-state index contributed by atoms with van der Waals surface area (Å²) in [5, 5.41) is 8.13. The molecule has 0 aromatic rings. The van der Waals surface area contributed by atoms with Gasteiger partial charge in [-0.1, -0.05) is 13.8 Å². The van der Waals surface area contributed by atoms with Gasteiger partial charge in [0.15, 0.2) is 0 Å². The maximum atomic E-state index is 11.9. The molecular weight excluding hydrogens is 155 g/mol. The molecule has 0 aliphatic heterocycles. The predicted octanol–water partition coefficient (Wildman–Crippen LogP) is 2.73. The first kappa shape index (κ1) is 10.3. The van der Waals surface area contributed by atoms with E-state index in [2.05, 4.69) is 0 Å². The molecule has 0 aliphatic carbocycles. The first-order chi connectivity index (χ1) is 4.89. The summed E-state index contributed by atoms with van der Waals surface area (Å²) in [4.78, 5) is 0. The van der Waals surface area contributed by atoms with Gasteiger partial charge >= 0.3 is 6.18 Å². The quantitative estimate of drug-likeness (QED) is 0.617. The van der Waals surface area contributed by atoms with E-state index in [0.717, 1.165) is 6.92 Å². The molecule has 64 valence electrons. The lowest BCUT2D eigenvalue weighted by molar-refractivity contribution is -0.181. The van der Waals surface area contributed by atoms with Gasteiger partial charge < -0.3 is 0 Å². The Hall–Kier alpha value is -0.720. The van der Waals surface area contributed by atoms with E-state index in [1.165, 1.54) is 6.92 Å². The zero-order chi connectivity index (χ0) is 9.07. The number of hydrogen-bond donors (Lipinski definition) is 0. The molecule has 1 nitrogen and oxygen atoms in total. The highest BCUT2D eigenvalue weighted by Gasteiger charge is 2.39. The third kappa shape index (κ3) is 3.26. The molecular formula is C7H10F3N. The van der Waals surface area contributed by atoms with Crippen LogP contribution in [0.2, 0.25) is 0 Å². The van der Waals surface area contributed by atoms with Crippen LogP contribution < -0.4 is 0 Å². The Morgan fingerprint density at radius 3 is 2.09 bits per heavy atom. The zero-order valence-corrected chi connectivity index (χ0v) is 6.44. The fraction of sp³-hybridized carbons (Fsp3) is 0.857. The highest BCUT2D eigenvalue weighted by molar-refractivity contribution is 4.79. The Bertz CT molecular complexity index is 156. The van der Waals surface area contributed by atoms with Crippen LogP contribution in [-0.4, -0.2) is 6.18 Å². The molecule has 0 aromatic carbocycles. The van der Waals surface area contributed by atoms with Gasteiger partial charge in [-0.15, -0.1) is 0 Å². The van der Waals surface area contributed by atoms with Gasteiger partial charge in [0, 0.05) is 6.42 Å². The van der Waals surface area contributed by atoms with Gasteiger partial charge in [-0.2, -0.15) is 18.4 Å². The highest BCUT2D eigenvalue weighted by atomic mass is 19.4. The predicted molar refractivity (Wildman–Crippen MR) is 34.6 cm³/mol. The molecule has 0 N–H and O–H groups in total. The molecule has 0 saturated carbocycles. The summed E-state index contributed by atoms with van der Waals surface area (Å²) in [6.45, 7) is 2.53. The third-order valence-corrected chi connectivity index (χ3v) is 1.78. The summed E-state index contributed by atoms with van der Waals surface area (Å²) in [7, 11) is 0. The molecule has 0 saturated heterocycles. The van der Waals surface area contributed by atoms with Crippen molar-refractivity contribution in [2.75, 3.05) is 0 Å². The third-order valence-electron chi connectivity index (χ3n) is 1.78. The average Bonchev–Trinajstić information content (AvgIpc) is 1.85. The van der Waals surface area contributed by atoms with Crippen LogP contribution in [0, 0.1) is 23.2 Å². The van der Waals surface area contributed by atoms with Gasteiger partial charge in [0.1, 0.15) is 0 Å². The Morgan fingerprint density at radius 1 is 1.36 bits per heavy atom. The van der Waals surface area contributed by atoms with Gasteiger partial charge in [-0.25, -0.2) is 0 Å². The molecule has 0 rings (SSSR count). The van der Waals surface area contributed by atoms with E-state index in [-0.39, 0.29) is 6.42 Å². The van der Waals surface area contributed by atoms with Crippen molar-refractivity contribution in [3.05, 3.63) is 0 Å². The van der Waals surface area contributed by atoms with E-state index in [1.54, 1.807) is 6.07 Å². The fourth-order valence-electron chi connectivity index (χ4n) is 0.643. The SMILES string of the molecule is CC([C@@H](C)CC#N)C(F)(F)F. The van der Waals surface area contributed by atoms with Crippen molar-refractivity contribution in [2.45, 2.75) is 26.4 Å². The highest BCUT2D eigenvalue weighted by Crippen LogP contribution is 2.32. The Balaban J connectivity index is 4.04. The van der Waals surface area contributed by atoms with E-state index in [0.29, 0.717) is 0 Å². The molecule has 0 aromatic heterocycles. The first-order valence-electron chi connectivity index (χ1n) is 3.33. The van der Waals surface area contributed by atoms with Crippen LogP contribution >= 0.6 is 0 Å². The fourth-order valence-corrected chi connectivity index (χ4v) is 0.643. The molecule has 0 radical (unpaired) electrons. The lowest BCUT2D eigenvalue weighted by Gasteiger charge is -2.19. The van der Waals surface area contributed by atoms with Crippen LogP contribution in [0.15, 0.2) is 0 Å². The lowest BCUT2D eigenvalue weighted by Crippen LogP contribution is -2.25. The number of hydrogen-bond acceptors (Lipinski definition) is 1. The minimum Gasteiger partial charge on any atom is -0.198 e.